The van der Waals surface area contributed by atoms with Crippen molar-refractivity contribution in [3.63, 3.8) is 0 Å². The van der Waals surface area contributed by atoms with Gasteiger partial charge in [0.05, 0.1) is 21.9 Å². The molecular formula is C18H21N5O3S2. The highest BCUT2D eigenvalue weighted by Gasteiger charge is 2.34. The smallest absolute Gasteiger partial charge is 0.262 e. The van der Waals surface area contributed by atoms with Gasteiger partial charge in [-0.3, -0.25) is 23.9 Å². The summed E-state index contributed by atoms with van der Waals surface area (Å²) >= 11 is 2.50. The normalized spacial score (nSPS) is 18.2. The van der Waals surface area contributed by atoms with E-state index in [4.69, 9.17) is 0 Å². The number of amidine groups is 1. The summed E-state index contributed by atoms with van der Waals surface area (Å²) in [6.07, 6.45) is 0. The predicted octanol–water partition coefficient (Wildman–Crippen LogP) is 1.88. The van der Waals surface area contributed by atoms with Crippen LogP contribution >= 0.6 is 23.5 Å². The third kappa shape index (κ3) is 4.07. The molecule has 3 rings (SSSR count). The van der Waals surface area contributed by atoms with Crippen LogP contribution in [-0.4, -0.2) is 49.0 Å². The Morgan fingerprint density at radius 3 is 2.75 bits per heavy atom. The van der Waals surface area contributed by atoms with Crippen molar-refractivity contribution >= 4 is 51.4 Å². The second-order valence-electron chi connectivity index (χ2n) is 6.02. The quantitative estimate of drug-likeness (QED) is 0.436. The number of thioether (sulfide) groups is 2. The second kappa shape index (κ2) is 8.78. The van der Waals surface area contributed by atoms with Crippen LogP contribution in [0.4, 0.5) is 0 Å². The van der Waals surface area contributed by atoms with E-state index in [1.165, 1.54) is 23.5 Å². The Balaban J connectivity index is 1.70. The summed E-state index contributed by atoms with van der Waals surface area (Å²) in [6, 6.07) is 7.15. The lowest BCUT2D eigenvalue weighted by Crippen LogP contribution is -2.33. The molecule has 0 spiro atoms. The van der Waals surface area contributed by atoms with Crippen LogP contribution < -0.4 is 11.0 Å². The van der Waals surface area contributed by atoms with E-state index < -0.39 is 0 Å². The van der Waals surface area contributed by atoms with Crippen LogP contribution in [0.25, 0.3) is 10.9 Å². The van der Waals surface area contributed by atoms with Gasteiger partial charge in [-0.25, -0.2) is 10.4 Å². The van der Waals surface area contributed by atoms with Gasteiger partial charge in [0.25, 0.3) is 11.5 Å². The summed E-state index contributed by atoms with van der Waals surface area (Å²) in [5.74, 6) is -0.282. The number of nitrogens with zero attached hydrogens (tertiary/aromatic N) is 4. The summed E-state index contributed by atoms with van der Waals surface area (Å²) in [6.45, 7) is 6.50. The van der Waals surface area contributed by atoms with Crippen LogP contribution in [0.1, 0.15) is 20.8 Å². The standard InChI is InChI=1S/C18H21N5O3S2/c1-4-22-15(25)11(3)28-18(22)21-20-14(24)10-27-17-19-13-9-7-6-8-12(13)16(26)23(17)5-2/h6-9,11H,4-5,10H2,1-3H3,(H,20,24)/b21-18+/t11-/m0/s1. The van der Waals surface area contributed by atoms with Crippen molar-refractivity contribution in [3.05, 3.63) is 34.6 Å². The minimum absolute atomic E-state index is 0.0119. The van der Waals surface area contributed by atoms with Gasteiger partial charge in [-0.15, -0.1) is 5.10 Å². The van der Waals surface area contributed by atoms with E-state index >= 15 is 0 Å². The van der Waals surface area contributed by atoms with Crippen molar-refractivity contribution in [2.24, 2.45) is 5.10 Å². The van der Waals surface area contributed by atoms with E-state index in [1.54, 1.807) is 27.7 Å². The van der Waals surface area contributed by atoms with Gasteiger partial charge in [-0.05, 0) is 32.9 Å². The lowest BCUT2D eigenvalue weighted by molar-refractivity contribution is -0.126. The van der Waals surface area contributed by atoms with Crippen LogP contribution in [0.5, 0.6) is 0 Å². The number of amides is 2. The summed E-state index contributed by atoms with van der Waals surface area (Å²) in [7, 11) is 0. The predicted molar refractivity (Wildman–Crippen MR) is 112 cm³/mol. The SMILES string of the molecule is CCN1C(=O)[C@H](C)S/C1=N/NC(=O)CSc1nc2ccccc2c(=O)n1CC. The number of nitrogens with one attached hydrogen (secondary N) is 1. The molecule has 1 aliphatic heterocycles. The molecule has 0 saturated carbocycles. The number of hydrogen-bond donors (Lipinski definition) is 1. The summed E-state index contributed by atoms with van der Waals surface area (Å²) in [5, 5.41) is 5.42. The minimum Gasteiger partial charge on any atom is -0.289 e. The Morgan fingerprint density at radius 2 is 2.04 bits per heavy atom. The first-order valence-corrected chi connectivity index (χ1v) is 10.8. The summed E-state index contributed by atoms with van der Waals surface area (Å²) in [5.41, 5.74) is 2.97. The van der Waals surface area contributed by atoms with Crippen LogP contribution in [0.3, 0.4) is 0 Å². The molecular weight excluding hydrogens is 398 g/mol. The van der Waals surface area contributed by atoms with Gasteiger partial charge >= 0.3 is 0 Å². The largest absolute Gasteiger partial charge is 0.289 e. The van der Waals surface area contributed by atoms with Crippen molar-refractivity contribution in [1.82, 2.24) is 19.9 Å². The van der Waals surface area contributed by atoms with E-state index in [0.717, 1.165) is 0 Å². The molecule has 1 N–H and O–H groups in total. The van der Waals surface area contributed by atoms with Gasteiger partial charge in [0, 0.05) is 13.1 Å². The lowest BCUT2D eigenvalue weighted by atomic mass is 10.2. The fraction of sp³-hybridized carbons (Fsp3) is 0.389. The zero-order valence-electron chi connectivity index (χ0n) is 15.8. The monoisotopic (exact) mass is 419 g/mol. The molecule has 8 nitrogen and oxygen atoms in total. The highest BCUT2D eigenvalue weighted by atomic mass is 32.2. The zero-order chi connectivity index (χ0) is 20.3. The fourth-order valence-corrected chi connectivity index (χ4v) is 4.62. The van der Waals surface area contributed by atoms with Crippen molar-refractivity contribution < 1.29 is 9.59 Å². The number of hydrogen-bond acceptors (Lipinski definition) is 7. The third-order valence-electron chi connectivity index (χ3n) is 4.19. The molecule has 148 valence electrons. The minimum atomic E-state index is -0.328. The molecule has 1 aliphatic rings. The van der Waals surface area contributed by atoms with Gasteiger partial charge in [0.15, 0.2) is 10.3 Å². The van der Waals surface area contributed by atoms with E-state index in [2.05, 4.69) is 15.5 Å². The Hall–Kier alpha value is -2.33. The van der Waals surface area contributed by atoms with E-state index in [0.29, 0.717) is 34.3 Å². The first-order chi connectivity index (χ1) is 13.5. The maximum atomic E-state index is 12.6. The molecule has 1 aromatic heterocycles. The second-order valence-corrected chi connectivity index (χ2v) is 8.27. The van der Waals surface area contributed by atoms with Crippen LogP contribution in [0.2, 0.25) is 0 Å². The molecule has 1 atom stereocenters. The topological polar surface area (TPSA) is 96.7 Å². The van der Waals surface area contributed by atoms with Crippen LogP contribution in [-0.2, 0) is 16.1 Å². The third-order valence-corrected chi connectivity index (χ3v) is 6.25. The van der Waals surface area contributed by atoms with E-state index in [9.17, 15) is 14.4 Å². The maximum absolute atomic E-state index is 12.6. The van der Waals surface area contributed by atoms with Gasteiger partial charge < -0.3 is 0 Å². The molecule has 10 heteroatoms. The number of hydrazone groups is 1. The van der Waals surface area contributed by atoms with Gasteiger partial charge in [-0.2, -0.15) is 0 Å². The Morgan fingerprint density at radius 1 is 1.29 bits per heavy atom. The average molecular weight is 420 g/mol. The van der Waals surface area contributed by atoms with Crippen molar-refractivity contribution in [1.29, 1.82) is 0 Å². The zero-order valence-corrected chi connectivity index (χ0v) is 17.5. The maximum Gasteiger partial charge on any atom is 0.262 e. The number of aromatic nitrogens is 2. The van der Waals surface area contributed by atoms with Gasteiger partial charge in [0.1, 0.15) is 0 Å². The Labute approximate surface area is 170 Å². The Kier molecular flexibility index (Phi) is 6.40. The molecule has 1 fully saturated rings. The first-order valence-electron chi connectivity index (χ1n) is 8.93. The van der Waals surface area contributed by atoms with Crippen LogP contribution in [0.15, 0.2) is 39.3 Å². The number of para-hydroxylation sites is 1. The number of benzene rings is 1. The molecule has 2 heterocycles. The lowest BCUT2D eigenvalue weighted by Gasteiger charge is -2.13. The number of fused-ring (bicyclic) bond motifs is 1. The highest BCUT2D eigenvalue weighted by Crippen LogP contribution is 2.26. The van der Waals surface area contributed by atoms with Crippen molar-refractivity contribution in [3.8, 4) is 0 Å². The number of carbonyl (C=O) groups excluding carboxylic acids is 2. The molecule has 0 aliphatic carbocycles. The molecule has 0 bridgehead atoms. The molecule has 0 unspecified atom stereocenters. The van der Waals surface area contributed by atoms with Crippen LogP contribution in [0, 0.1) is 0 Å². The Bertz CT molecular complexity index is 1000. The van der Waals surface area contributed by atoms with Gasteiger partial charge in [0.2, 0.25) is 5.91 Å². The average Bonchev–Trinajstić information content (AvgIpc) is 2.98. The highest BCUT2D eigenvalue weighted by molar-refractivity contribution is 8.15. The molecule has 28 heavy (non-hydrogen) atoms. The summed E-state index contributed by atoms with van der Waals surface area (Å²) in [4.78, 5) is 42.9. The van der Waals surface area contributed by atoms with Crippen molar-refractivity contribution in [2.75, 3.05) is 12.3 Å². The van der Waals surface area contributed by atoms with Crippen molar-refractivity contribution in [2.45, 2.75) is 37.7 Å². The number of rotatable bonds is 6. The van der Waals surface area contributed by atoms with E-state index in [1.807, 2.05) is 26.8 Å². The molecule has 2 amide bonds. The van der Waals surface area contributed by atoms with E-state index in [-0.39, 0.29) is 28.4 Å². The summed E-state index contributed by atoms with van der Waals surface area (Å²) < 4.78 is 1.55. The molecule has 1 aromatic carbocycles. The molecule has 0 radical (unpaired) electrons. The van der Waals surface area contributed by atoms with Gasteiger partial charge in [-0.1, -0.05) is 35.7 Å². The molecule has 2 aromatic rings. The number of carbonyl (C=O) groups is 2. The fourth-order valence-electron chi connectivity index (χ4n) is 2.77. The first kappa shape index (κ1) is 20.4. The molecule has 1 saturated heterocycles.